The molecule has 10 nitrogen and oxygen atoms in total. The summed E-state index contributed by atoms with van der Waals surface area (Å²) in [6.07, 6.45) is 22.5. The van der Waals surface area contributed by atoms with Crippen LogP contribution in [0.25, 0.3) is 0 Å². The predicted molar refractivity (Wildman–Crippen MR) is 197 cm³/mol. The molecule has 1 rings (SSSR count). The lowest BCUT2D eigenvalue weighted by Crippen LogP contribution is -2.59. The second-order valence-corrected chi connectivity index (χ2v) is 14.5. The monoisotopic (exact) mass is 717 g/mol. The van der Waals surface area contributed by atoms with E-state index in [1.54, 1.807) is 0 Å². The van der Waals surface area contributed by atoms with Crippen LogP contribution in [0.5, 0.6) is 0 Å². The second kappa shape index (κ2) is 32.4. The zero-order valence-electron chi connectivity index (χ0n) is 31.9. The minimum Gasteiger partial charge on any atom is -0.462 e. The molecule has 0 aliphatic carbocycles. The molecule has 0 radical (unpaired) electrons. The van der Waals surface area contributed by atoms with Crippen LogP contribution >= 0.6 is 0 Å². The number of ether oxygens (including phenoxy) is 4. The summed E-state index contributed by atoms with van der Waals surface area (Å²) in [4.78, 5) is 25.2. The van der Waals surface area contributed by atoms with Gasteiger partial charge in [0.1, 0.15) is 31.0 Å². The number of hydrogen-bond acceptors (Lipinski definition) is 10. The smallest absolute Gasteiger partial charge is 0.306 e. The number of carbonyl (C=O) groups is 2. The number of hydrogen-bond donors (Lipinski definition) is 4. The number of aliphatic hydroxyl groups excluding tert-OH is 4. The maximum Gasteiger partial charge on any atom is 0.306 e. The molecule has 0 bridgehead atoms. The molecule has 10 heteroatoms. The van der Waals surface area contributed by atoms with Gasteiger partial charge in [-0.25, -0.2) is 0 Å². The number of rotatable bonds is 34. The molecule has 6 unspecified atom stereocenters. The van der Waals surface area contributed by atoms with E-state index < -0.39 is 49.4 Å². The fraction of sp³-hybridized carbons (Fsp3) is 0.950. The number of aliphatic hydroxyl groups is 4. The first-order valence-electron chi connectivity index (χ1n) is 20.6. The van der Waals surface area contributed by atoms with E-state index in [1.165, 1.54) is 116 Å². The molecule has 4 N–H and O–H groups in total. The number of carbonyl (C=O) groups excluding carboxylic acids is 2. The van der Waals surface area contributed by atoms with Gasteiger partial charge in [0.2, 0.25) is 0 Å². The Kier molecular flexibility index (Phi) is 30.2. The van der Waals surface area contributed by atoms with Crippen molar-refractivity contribution in [3.05, 3.63) is 0 Å². The maximum absolute atomic E-state index is 12.7. The van der Waals surface area contributed by atoms with Crippen molar-refractivity contribution in [3.8, 4) is 0 Å². The summed E-state index contributed by atoms with van der Waals surface area (Å²) in [6, 6.07) is 0. The highest BCUT2D eigenvalue weighted by Crippen LogP contribution is 2.23. The molecular weight excluding hydrogens is 640 g/mol. The van der Waals surface area contributed by atoms with Crippen LogP contribution in [0.1, 0.15) is 187 Å². The third-order valence-electron chi connectivity index (χ3n) is 9.74. The Hall–Kier alpha value is -1.30. The highest BCUT2D eigenvalue weighted by Gasteiger charge is 2.44. The van der Waals surface area contributed by atoms with Crippen LogP contribution in [0.4, 0.5) is 0 Å². The molecule has 1 fully saturated rings. The topological polar surface area (TPSA) is 152 Å². The average molecular weight is 717 g/mol. The fourth-order valence-corrected chi connectivity index (χ4v) is 6.42. The van der Waals surface area contributed by atoms with Gasteiger partial charge in [0, 0.05) is 12.8 Å². The highest BCUT2D eigenvalue weighted by molar-refractivity contribution is 5.70. The Bertz CT molecular complexity index is 794. The minimum atomic E-state index is -1.59. The zero-order valence-corrected chi connectivity index (χ0v) is 31.9. The van der Waals surface area contributed by atoms with Crippen LogP contribution in [-0.4, -0.2) is 89.0 Å². The van der Waals surface area contributed by atoms with Crippen LogP contribution < -0.4 is 0 Å². The van der Waals surface area contributed by atoms with Crippen molar-refractivity contribution >= 4 is 11.9 Å². The van der Waals surface area contributed by atoms with Gasteiger partial charge in [-0.1, -0.05) is 162 Å². The van der Waals surface area contributed by atoms with E-state index in [-0.39, 0.29) is 32.0 Å². The first kappa shape index (κ1) is 46.7. The molecule has 0 spiro atoms. The molecule has 1 saturated heterocycles. The summed E-state index contributed by atoms with van der Waals surface area (Å²) in [5.41, 5.74) is 0. The van der Waals surface area contributed by atoms with Crippen LogP contribution in [0.15, 0.2) is 0 Å². The Labute approximate surface area is 304 Å². The van der Waals surface area contributed by atoms with Gasteiger partial charge in [0.15, 0.2) is 12.4 Å². The molecule has 0 amide bonds. The third-order valence-corrected chi connectivity index (χ3v) is 9.74. The van der Waals surface area contributed by atoms with Crippen LogP contribution in [0.2, 0.25) is 0 Å². The Morgan fingerprint density at radius 1 is 0.540 bits per heavy atom. The highest BCUT2D eigenvalue weighted by atomic mass is 16.7. The quantitative estimate of drug-likeness (QED) is 0.0383. The molecule has 296 valence electrons. The maximum atomic E-state index is 12.7. The van der Waals surface area contributed by atoms with Gasteiger partial charge >= 0.3 is 11.9 Å². The number of unbranched alkanes of at least 4 members (excludes halogenated alkanes) is 23. The van der Waals surface area contributed by atoms with Crippen molar-refractivity contribution in [1.29, 1.82) is 0 Å². The second-order valence-electron chi connectivity index (χ2n) is 14.5. The molecule has 0 aromatic heterocycles. The van der Waals surface area contributed by atoms with Gasteiger partial charge in [0.25, 0.3) is 0 Å². The normalized spacial score (nSPS) is 21.3. The Morgan fingerprint density at radius 3 is 1.36 bits per heavy atom. The molecular formula is C40H76O10. The SMILES string of the molecule is CCCCCCCCCCCCCCCC(=O)OCC(COC1OC(CO)C(O)C(O)C1O)OC(=O)CCCCCCCCCCCCCC. The molecule has 1 heterocycles. The van der Waals surface area contributed by atoms with E-state index >= 15 is 0 Å². The lowest BCUT2D eigenvalue weighted by Gasteiger charge is -2.39. The van der Waals surface area contributed by atoms with Crippen molar-refractivity contribution in [2.45, 2.75) is 224 Å². The van der Waals surface area contributed by atoms with Crippen molar-refractivity contribution in [1.82, 2.24) is 0 Å². The standard InChI is InChI=1S/C40H76O10/c1-3-5-7-9-11-13-15-17-19-20-22-24-26-28-35(42)47-31-33(32-48-40-39(46)38(45)37(44)34(30-41)50-40)49-36(43)29-27-25-23-21-18-16-14-12-10-8-6-4-2/h33-34,37-41,44-46H,3-32H2,1-2H3. The van der Waals surface area contributed by atoms with Gasteiger partial charge in [-0.2, -0.15) is 0 Å². The number of esters is 2. The third kappa shape index (κ3) is 24.0. The predicted octanol–water partition coefficient (Wildman–Crippen LogP) is 7.83. The molecule has 50 heavy (non-hydrogen) atoms. The zero-order chi connectivity index (χ0) is 36.7. The molecule has 6 atom stereocenters. The lowest BCUT2D eigenvalue weighted by atomic mass is 9.99. The van der Waals surface area contributed by atoms with E-state index in [1.807, 2.05) is 0 Å². The van der Waals surface area contributed by atoms with E-state index in [0.717, 1.165) is 38.5 Å². The van der Waals surface area contributed by atoms with Crippen molar-refractivity contribution in [2.24, 2.45) is 0 Å². The lowest BCUT2D eigenvalue weighted by molar-refractivity contribution is -0.305. The summed E-state index contributed by atoms with van der Waals surface area (Å²) in [7, 11) is 0. The van der Waals surface area contributed by atoms with E-state index in [0.29, 0.717) is 6.42 Å². The van der Waals surface area contributed by atoms with E-state index in [4.69, 9.17) is 18.9 Å². The summed E-state index contributed by atoms with van der Waals surface area (Å²) in [5, 5.41) is 39.9. The summed E-state index contributed by atoms with van der Waals surface area (Å²) >= 11 is 0. The Morgan fingerprint density at radius 2 is 0.940 bits per heavy atom. The van der Waals surface area contributed by atoms with Crippen molar-refractivity contribution in [2.75, 3.05) is 19.8 Å². The molecule has 0 aromatic rings. The summed E-state index contributed by atoms with van der Waals surface area (Å²) in [5.74, 6) is -0.796. The Balaban J connectivity index is 2.36. The van der Waals surface area contributed by atoms with Crippen LogP contribution in [0.3, 0.4) is 0 Å². The van der Waals surface area contributed by atoms with Crippen LogP contribution in [0, 0.1) is 0 Å². The first-order valence-corrected chi connectivity index (χ1v) is 20.6. The molecule has 1 aliphatic heterocycles. The average Bonchev–Trinajstić information content (AvgIpc) is 3.11. The molecule has 0 saturated carbocycles. The summed E-state index contributed by atoms with van der Waals surface area (Å²) < 4.78 is 22.1. The molecule has 0 aromatic carbocycles. The molecule has 1 aliphatic rings. The summed E-state index contributed by atoms with van der Waals surface area (Å²) in [6.45, 7) is 3.42. The van der Waals surface area contributed by atoms with E-state index in [2.05, 4.69) is 13.8 Å². The van der Waals surface area contributed by atoms with Gasteiger partial charge in [0.05, 0.1) is 13.2 Å². The van der Waals surface area contributed by atoms with Crippen molar-refractivity contribution in [3.63, 3.8) is 0 Å². The minimum absolute atomic E-state index is 0.209. The first-order chi connectivity index (χ1) is 24.3. The van der Waals surface area contributed by atoms with Gasteiger partial charge < -0.3 is 39.4 Å². The van der Waals surface area contributed by atoms with E-state index in [9.17, 15) is 30.0 Å². The largest absolute Gasteiger partial charge is 0.462 e. The van der Waals surface area contributed by atoms with Crippen molar-refractivity contribution < 1.29 is 49.0 Å². The van der Waals surface area contributed by atoms with Gasteiger partial charge in [-0.3, -0.25) is 9.59 Å². The van der Waals surface area contributed by atoms with Crippen LogP contribution in [-0.2, 0) is 28.5 Å². The van der Waals surface area contributed by atoms with Gasteiger partial charge in [-0.15, -0.1) is 0 Å². The van der Waals surface area contributed by atoms with Gasteiger partial charge in [-0.05, 0) is 12.8 Å². The fourth-order valence-electron chi connectivity index (χ4n) is 6.42.